The maximum atomic E-state index is 5.26. The van der Waals surface area contributed by atoms with Crippen LogP contribution in [-0.4, -0.2) is 22.4 Å². The Labute approximate surface area is 144 Å². The topological polar surface area (TPSA) is 72.2 Å². The highest BCUT2D eigenvalue weighted by molar-refractivity contribution is 7.80. The maximum Gasteiger partial charge on any atom is 0.246 e. The Hall–Kier alpha value is -2.93. The third-order valence-corrected chi connectivity index (χ3v) is 3.47. The van der Waals surface area contributed by atoms with E-state index in [1.807, 2.05) is 54.6 Å². The lowest BCUT2D eigenvalue weighted by Gasteiger charge is -2.09. The van der Waals surface area contributed by atoms with Gasteiger partial charge in [-0.05, 0) is 24.4 Å². The van der Waals surface area contributed by atoms with Gasteiger partial charge < -0.3 is 19.9 Å². The van der Waals surface area contributed by atoms with Gasteiger partial charge in [0.25, 0.3) is 0 Å². The maximum absolute atomic E-state index is 5.26. The quantitative estimate of drug-likeness (QED) is 0.691. The van der Waals surface area contributed by atoms with Gasteiger partial charge in [-0.25, -0.2) is 0 Å². The van der Waals surface area contributed by atoms with Crippen LogP contribution in [0, 0.1) is 0 Å². The summed E-state index contributed by atoms with van der Waals surface area (Å²) < 4.78 is 10.4. The summed E-state index contributed by atoms with van der Waals surface area (Å²) in [5, 5.41) is 10.5. The van der Waals surface area contributed by atoms with Crippen LogP contribution in [0.3, 0.4) is 0 Å². The van der Waals surface area contributed by atoms with Crippen LogP contribution in [-0.2, 0) is 6.54 Å². The molecule has 2 N–H and O–H groups in total. The first-order chi connectivity index (χ1) is 11.7. The minimum atomic E-state index is 0.343. The molecule has 0 radical (unpaired) electrons. The number of thiocarbonyl (C=S) groups is 1. The highest BCUT2D eigenvalue weighted by atomic mass is 32.1. The zero-order valence-corrected chi connectivity index (χ0v) is 13.8. The van der Waals surface area contributed by atoms with Gasteiger partial charge in [0.1, 0.15) is 5.75 Å². The number of methoxy groups -OCH3 is 1. The predicted molar refractivity (Wildman–Crippen MR) is 95.8 cm³/mol. The molecule has 2 aromatic carbocycles. The molecule has 0 aliphatic carbocycles. The van der Waals surface area contributed by atoms with Crippen molar-refractivity contribution in [2.75, 3.05) is 12.4 Å². The Kier molecular flexibility index (Phi) is 5.02. The second-order valence-electron chi connectivity index (χ2n) is 4.92. The summed E-state index contributed by atoms with van der Waals surface area (Å²) in [7, 11) is 1.62. The molecular formula is C17H16N4O2S. The summed E-state index contributed by atoms with van der Waals surface area (Å²) in [6, 6.07) is 17.2. The third kappa shape index (κ3) is 4.08. The van der Waals surface area contributed by atoms with E-state index in [9.17, 15) is 0 Å². The van der Waals surface area contributed by atoms with E-state index in [2.05, 4.69) is 20.8 Å². The summed E-state index contributed by atoms with van der Waals surface area (Å²) in [4.78, 5) is 4.34. The highest BCUT2D eigenvalue weighted by Gasteiger charge is 2.08. The number of ether oxygens (including phenoxy) is 1. The molecule has 0 saturated carbocycles. The largest absolute Gasteiger partial charge is 0.497 e. The molecule has 0 aliphatic heterocycles. The van der Waals surface area contributed by atoms with E-state index in [0.717, 1.165) is 17.0 Å². The number of hydrogen-bond donors (Lipinski definition) is 2. The van der Waals surface area contributed by atoms with E-state index < -0.39 is 0 Å². The molecule has 1 aromatic heterocycles. The minimum Gasteiger partial charge on any atom is -0.497 e. The average molecular weight is 340 g/mol. The Balaban J connectivity index is 1.56. The number of hydrogen-bond acceptors (Lipinski definition) is 5. The fraction of sp³-hybridized carbons (Fsp3) is 0.118. The first kappa shape index (κ1) is 15.9. The lowest BCUT2D eigenvalue weighted by Crippen LogP contribution is -2.28. The molecule has 0 spiro atoms. The van der Waals surface area contributed by atoms with Crippen molar-refractivity contribution in [2.45, 2.75) is 6.54 Å². The lowest BCUT2D eigenvalue weighted by atomic mass is 10.2. The predicted octanol–water partition coefficient (Wildman–Crippen LogP) is 3.23. The summed E-state index contributed by atoms with van der Waals surface area (Å²) in [5.74, 6) is 1.77. The normalized spacial score (nSPS) is 10.2. The van der Waals surface area contributed by atoms with Crippen LogP contribution in [0.1, 0.15) is 5.89 Å². The van der Waals surface area contributed by atoms with Crippen molar-refractivity contribution in [3.63, 3.8) is 0 Å². The van der Waals surface area contributed by atoms with Gasteiger partial charge in [0.05, 0.1) is 13.7 Å². The molecule has 0 aliphatic rings. The van der Waals surface area contributed by atoms with E-state index in [1.165, 1.54) is 0 Å². The fourth-order valence-corrected chi connectivity index (χ4v) is 2.25. The molecule has 6 nitrogen and oxygen atoms in total. The zero-order valence-electron chi connectivity index (χ0n) is 13.0. The van der Waals surface area contributed by atoms with Gasteiger partial charge in [-0.1, -0.05) is 41.6 Å². The molecule has 3 rings (SSSR count). The number of aromatic nitrogens is 2. The second-order valence-corrected chi connectivity index (χ2v) is 5.33. The smallest absolute Gasteiger partial charge is 0.246 e. The van der Waals surface area contributed by atoms with E-state index in [-0.39, 0.29) is 0 Å². The molecule has 24 heavy (non-hydrogen) atoms. The SMILES string of the molecule is COc1cccc(NC(=S)NCc2nc(-c3ccccc3)no2)c1. The second kappa shape index (κ2) is 7.56. The van der Waals surface area contributed by atoms with Gasteiger partial charge in [-0.3, -0.25) is 0 Å². The number of nitrogens with one attached hydrogen (secondary N) is 2. The molecule has 7 heteroatoms. The van der Waals surface area contributed by atoms with Crippen molar-refractivity contribution in [1.82, 2.24) is 15.5 Å². The molecule has 3 aromatic rings. The van der Waals surface area contributed by atoms with Gasteiger partial charge in [0, 0.05) is 17.3 Å². The zero-order chi connectivity index (χ0) is 16.8. The van der Waals surface area contributed by atoms with Crippen LogP contribution in [0.4, 0.5) is 5.69 Å². The van der Waals surface area contributed by atoms with Gasteiger partial charge in [0.2, 0.25) is 11.7 Å². The van der Waals surface area contributed by atoms with Crippen LogP contribution < -0.4 is 15.4 Å². The van der Waals surface area contributed by atoms with Crippen LogP contribution in [0.15, 0.2) is 59.1 Å². The van der Waals surface area contributed by atoms with E-state index >= 15 is 0 Å². The Morgan fingerprint density at radius 3 is 2.79 bits per heavy atom. The van der Waals surface area contributed by atoms with E-state index in [0.29, 0.717) is 23.4 Å². The van der Waals surface area contributed by atoms with Crippen LogP contribution in [0.2, 0.25) is 0 Å². The number of anilines is 1. The van der Waals surface area contributed by atoms with Gasteiger partial charge >= 0.3 is 0 Å². The summed E-state index contributed by atoms with van der Waals surface area (Å²) in [5.41, 5.74) is 1.74. The highest BCUT2D eigenvalue weighted by Crippen LogP contribution is 2.17. The molecule has 0 bridgehead atoms. The van der Waals surface area contributed by atoms with E-state index in [4.69, 9.17) is 21.5 Å². The van der Waals surface area contributed by atoms with Crippen LogP contribution in [0.5, 0.6) is 5.75 Å². The molecule has 0 fully saturated rings. The standard InChI is InChI=1S/C17H16N4O2S/c1-22-14-9-5-8-13(10-14)19-17(24)18-11-15-20-16(21-23-15)12-6-3-2-4-7-12/h2-10H,11H2,1H3,(H2,18,19,24). The Morgan fingerprint density at radius 2 is 2.00 bits per heavy atom. The summed E-state index contributed by atoms with van der Waals surface area (Å²) in [6.07, 6.45) is 0. The molecule has 0 atom stereocenters. The number of nitrogens with zero attached hydrogens (tertiary/aromatic N) is 2. The monoisotopic (exact) mass is 340 g/mol. The Bertz CT molecular complexity index is 820. The number of rotatable bonds is 5. The number of benzene rings is 2. The van der Waals surface area contributed by atoms with Crippen molar-refractivity contribution < 1.29 is 9.26 Å². The molecular weight excluding hydrogens is 324 g/mol. The molecule has 1 heterocycles. The van der Waals surface area contributed by atoms with Crippen molar-refractivity contribution in [3.05, 3.63) is 60.5 Å². The summed E-state index contributed by atoms with van der Waals surface area (Å²) in [6.45, 7) is 0.343. The third-order valence-electron chi connectivity index (χ3n) is 3.23. The first-order valence-corrected chi connectivity index (χ1v) is 7.72. The van der Waals surface area contributed by atoms with Crippen molar-refractivity contribution >= 4 is 23.0 Å². The van der Waals surface area contributed by atoms with E-state index in [1.54, 1.807) is 7.11 Å². The van der Waals surface area contributed by atoms with Crippen molar-refractivity contribution in [2.24, 2.45) is 0 Å². The van der Waals surface area contributed by atoms with Gasteiger partial charge in [-0.2, -0.15) is 4.98 Å². The minimum absolute atomic E-state index is 0.343. The van der Waals surface area contributed by atoms with Crippen LogP contribution in [0.25, 0.3) is 11.4 Å². The van der Waals surface area contributed by atoms with Crippen molar-refractivity contribution in [3.8, 4) is 17.1 Å². The lowest BCUT2D eigenvalue weighted by molar-refractivity contribution is 0.376. The van der Waals surface area contributed by atoms with Gasteiger partial charge in [-0.15, -0.1) is 0 Å². The molecule has 122 valence electrons. The molecule has 0 amide bonds. The Morgan fingerprint density at radius 1 is 1.17 bits per heavy atom. The van der Waals surface area contributed by atoms with Crippen molar-refractivity contribution in [1.29, 1.82) is 0 Å². The van der Waals surface area contributed by atoms with Gasteiger partial charge in [0.15, 0.2) is 5.11 Å². The van der Waals surface area contributed by atoms with Crippen LogP contribution >= 0.6 is 12.2 Å². The first-order valence-electron chi connectivity index (χ1n) is 7.31. The average Bonchev–Trinajstić information content (AvgIpc) is 3.10. The molecule has 0 unspecified atom stereocenters. The summed E-state index contributed by atoms with van der Waals surface area (Å²) >= 11 is 5.26. The fourth-order valence-electron chi connectivity index (χ4n) is 2.06. The molecule has 0 saturated heterocycles.